The molecular weight excluding hydrogens is 779 g/mol. The maximum Gasteiger partial charge on any atom is 0.274 e. The van der Waals surface area contributed by atoms with Gasteiger partial charge < -0.3 is 24.3 Å². The largest absolute Gasteiger partial charge is 0.495 e. The van der Waals surface area contributed by atoms with Crippen molar-refractivity contribution in [1.82, 2.24) is 10.2 Å². The molecule has 2 amide bonds. The standard InChI is InChI=1S/C48H75N3O8S/c1-18-46(15,19-2)49-42(52)36-25-38(56-17)41(32(7)31(36)6)60(54,55)51-37-24-30(5)40(58-26-29(3)4)33(8)39(37)48(43(51)53)21-20-47(16,34(9)35(48)10)59-45(13,14)27-50-22-23-57-28-44(50,11)12/h24-25,29,34-35H,18-23,26-28H2,1-17H3,(H,49,52)/t34?,35?,47-,48+/m0/s1/i26D2,29D. The fraction of sp³-hybridized carbons (Fsp3) is 0.708. The summed E-state index contributed by atoms with van der Waals surface area (Å²) in [5.41, 5.74) is -0.933. The third-order valence-corrected chi connectivity index (χ3v) is 16.3. The summed E-state index contributed by atoms with van der Waals surface area (Å²) in [7, 11) is -3.41. The number of nitrogens with zero attached hydrogens (tertiary/aromatic N) is 2. The van der Waals surface area contributed by atoms with Crippen molar-refractivity contribution in [3.63, 3.8) is 0 Å². The van der Waals surface area contributed by atoms with E-state index in [-0.39, 0.29) is 57.0 Å². The van der Waals surface area contributed by atoms with Gasteiger partial charge >= 0.3 is 0 Å². The lowest BCUT2D eigenvalue weighted by atomic mass is 9.55. The van der Waals surface area contributed by atoms with Gasteiger partial charge in [0.15, 0.2) is 0 Å². The summed E-state index contributed by atoms with van der Waals surface area (Å²) < 4.78 is 83.0. The highest BCUT2D eigenvalue weighted by molar-refractivity contribution is 7.93. The van der Waals surface area contributed by atoms with Crippen LogP contribution >= 0.6 is 0 Å². The summed E-state index contributed by atoms with van der Waals surface area (Å²) in [5, 5.41) is 3.12. The van der Waals surface area contributed by atoms with Gasteiger partial charge in [0.2, 0.25) is 0 Å². The number of methoxy groups -OCH3 is 1. The Labute approximate surface area is 365 Å². The number of carbonyl (C=O) groups is 2. The smallest absolute Gasteiger partial charge is 0.274 e. The van der Waals surface area contributed by atoms with E-state index >= 15 is 13.2 Å². The Balaban J connectivity index is 1.69. The van der Waals surface area contributed by atoms with Gasteiger partial charge in [0.1, 0.15) is 16.4 Å². The first-order valence-corrected chi connectivity index (χ1v) is 23.1. The average molecular weight is 857 g/mol. The molecule has 0 radical (unpaired) electrons. The number of anilines is 1. The molecular formula is C48H75N3O8S. The number of nitrogens with one attached hydrogen (secondary N) is 1. The molecule has 336 valence electrons. The summed E-state index contributed by atoms with van der Waals surface area (Å²) in [6.07, 6.45) is 2.03. The zero-order chi connectivity index (χ0) is 47.8. The minimum Gasteiger partial charge on any atom is -0.495 e. The molecule has 11 nitrogen and oxygen atoms in total. The number of ether oxygens (including phenoxy) is 4. The van der Waals surface area contributed by atoms with Crippen LogP contribution in [0.15, 0.2) is 17.0 Å². The Kier molecular flexibility index (Phi) is 12.2. The number of fused-ring (bicyclic) bond motifs is 2. The molecule has 1 spiro atoms. The molecule has 0 bridgehead atoms. The molecule has 1 aliphatic carbocycles. The molecule has 5 rings (SSSR count). The van der Waals surface area contributed by atoms with Crippen LogP contribution in [0.25, 0.3) is 0 Å². The van der Waals surface area contributed by atoms with Gasteiger partial charge in [-0.2, -0.15) is 0 Å². The van der Waals surface area contributed by atoms with Crippen molar-refractivity contribution in [3.05, 3.63) is 45.5 Å². The fourth-order valence-corrected chi connectivity index (χ4v) is 11.9. The number of hydrogen-bond donors (Lipinski definition) is 1. The number of amides is 2. The average Bonchev–Trinajstić information content (AvgIpc) is 3.42. The second kappa shape index (κ2) is 16.8. The van der Waals surface area contributed by atoms with Crippen LogP contribution in [-0.2, 0) is 29.7 Å². The maximum atomic E-state index is 15.8. The molecule has 2 aliphatic heterocycles. The lowest BCUT2D eigenvalue weighted by molar-refractivity contribution is -0.203. The summed E-state index contributed by atoms with van der Waals surface area (Å²) in [4.78, 5) is 31.8. The maximum absolute atomic E-state index is 15.8. The Morgan fingerprint density at radius 3 is 2.23 bits per heavy atom. The van der Waals surface area contributed by atoms with Crippen LogP contribution < -0.4 is 19.1 Å². The van der Waals surface area contributed by atoms with Crippen LogP contribution in [0.4, 0.5) is 5.69 Å². The van der Waals surface area contributed by atoms with E-state index < -0.39 is 56.5 Å². The SMILES string of the molecule is [2H]C(C)(C)C([2H])([2H])Oc1c(C)cc2c(c1C)[C@]1(CC[C@](C)(OC(C)(C)CN3CCOCC3(C)C)C(C)C1C)C(=O)N2S(=O)(=O)c1c(OC)cc(C(=O)NC(C)(CC)CC)c(C)c1C. The highest BCUT2D eigenvalue weighted by Gasteiger charge is 2.64. The number of benzene rings is 2. The van der Waals surface area contributed by atoms with Crippen molar-refractivity contribution in [1.29, 1.82) is 0 Å². The lowest BCUT2D eigenvalue weighted by Crippen LogP contribution is -2.61. The highest BCUT2D eigenvalue weighted by atomic mass is 32.2. The Morgan fingerprint density at radius 1 is 1.03 bits per heavy atom. The lowest BCUT2D eigenvalue weighted by Gasteiger charge is -2.54. The quantitative estimate of drug-likeness (QED) is 0.198. The van der Waals surface area contributed by atoms with Crippen molar-refractivity contribution in [2.45, 2.75) is 169 Å². The van der Waals surface area contributed by atoms with E-state index in [9.17, 15) is 4.79 Å². The van der Waals surface area contributed by atoms with Gasteiger partial charge in [0.25, 0.3) is 21.8 Å². The molecule has 3 aliphatic rings. The van der Waals surface area contributed by atoms with Crippen molar-refractivity contribution >= 4 is 27.5 Å². The zero-order valence-electron chi connectivity index (χ0n) is 42.5. The highest BCUT2D eigenvalue weighted by Crippen LogP contribution is 2.61. The van der Waals surface area contributed by atoms with E-state index in [2.05, 4.69) is 51.8 Å². The van der Waals surface area contributed by atoms with Crippen LogP contribution in [0.5, 0.6) is 11.5 Å². The van der Waals surface area contributed by atoms with Crippen molar-refractivity contribution < 1.29 is 41.1 Å². The van der Waals surface area contributed by atoms with E-state index in [1.807, 2.05) is 27.7 Å². The second-order valence-electron chi connectivity index (χ2n) is 19.8. The van der Waals surface area contributed by atoms with Gasteiger partial charge in [-0.1, -0.05) is 41.5 Å². The summed E-state index contributed by atoms with van der Waals surface area (Å²) in [6.45, 7) is 30.5. The number of sulfonamides is 1. The summed E-state index contributed by atoms with van der Waals surface area (Å²) >= 11 is 0. The summed E-state index contributed by atoms with van der Waals surface area (Å²) in [5.74, 6) is -3.31. The summed E-state index contributed by atoms with van der Waals surface area (Å²) in [6, 6.07) is 3.04. The van der Waals surface area contributed by atoms with E-state index in [1.165, 1.54) is 27.0 Å². The van der Waals surface area contributed by atoms with E-state index in [0.29, 0.717) is 61.3 Å². The first-order valence-electron chi connectivity index (χ1n) is 23.2. The normalized spacial score (nSPS) is 26.1. The van der Waals surface area contributed by atoms with E-state index in [4.69, 9.17) is 23.1 Å². The predicted octanol–water partition coefficient (Wildman–Crippen LogP) is 8.98. The second-order valence-corrected chi connectivity index (χ2v) is 21.5. The van der Waals surface area contributed by atoms with Crippen LogP contribution in [0.3, 0.4) is 0 Å². The molecule has 2 aromatic rings. The van der Waals surface area contributed by atoms with Crippen molar-refractivity contribution in [3.8, 4) is 11.5 Å². The van der Waals surface area contributed by atoms with Crippen molar-refractivity contribution in [2.75, 3.05) is 44.3 Å². The minimum absolute atomic E-state index is 0.0655. The monoisotopic (exact) mass is 857 g/mol. The van der Waals surface area contributed by atoms with Crippen LogP contribution in [-0.4, -0.2) is 87.4 Å². The number of carbonyl (C=O) groups excluding carboxylic acids is 2. The van der Waals surface area contributed by atoms with E-state index in [0.717, 1.165) is 10.8 Å². The molecule has 2 fully saturated rings. The van der Waals surface area contributed by atoms with Gasteiger partial charge in [0, 0.05) is 31.1 Å². The molecule has 60 heavy (non-hydrogen) atoms. The first kappa shape index (κ1) is 43.5. The Bertz CT molecular complexity index is 2240. The van der Waals surface area contributed by atoms with Crippen molar-refractivity contribution in [2.24, 2.45) is 17.7 Å². The molecule has 2 aromatic carbocycles. The van der Waals surface area contributed by atoms with Gasteiger partial charge in [-0.15, -0.1) is 0 Å². The van der Waals surface area contributed by atoms with Crippen LogP contribution in [0, 0.1) is 45.4 Å². The number of rotatable bonds is 14. The molecule has 2 heterocycles. The predicted molar refractivity (Wildman–Crippen MR) is 239 cm³/mol. The number of aryl methyl sites for hydroxylation is 1. The van der Waals surface area contributed by atoms with Crippen LogP contribution in [0.1, 0.15) is 151 Å². The first-order chi connectivity index (χ1) is 28.7. The van der Waals surface area contributed by atoms with Gasteiger partial charge in [-0.3, -0.25) is 14.5 Å². The topological polar surface area (TPSA) is 124 Å². The molecule has 1 N–H and O–H groups in total. The third kappa shape index (κ3) is 8.24. The molecule has 1 saturated heterocycles. The number of morpholine rings is 1. The van der Waals surface area contributed by atoms with Crippen LogP contribution in [0.2, 0.25) is 0 Å². The van der Waals surface area contributed by atoms with Gasteiger partial charge in [-0.05, 0) is 153 Å². The van der Waals surface area contributed by atoms with Gasteiger partial charge in [-0.25, -0.2) is 12.7 Å². The Morgan fingerprint density at radius 2 is 1.67 bits per heavy atom. The third-order valence-electron chi connectivity index (χ3n) is 14.4. The van der Waals surface area contributed by atoms with E-state index in [1.54, 1.807) is 33.8 Å². The zero-order valence-corrected chi connectivity index (χ0v) is 40.4. The molecule has 1 saturated carbocycles. The molecule has 2 unspecified atom stereocenters. The number of hydrogen-bond acceptors (Lipinski definition) is 9. The minimum atomic E-state index is -4.75. The van der Waals surface area contributed by atoms with Gasteiger partial charge in [0.05, 0.1) is 51.9 Å². The molecule has 4 atom stereocenters. The molecule has 0 aromatic heterocycles. The fourth-order valence-electron chi connectivity index (χ4n) is 10.0. The molecule has 12 heteroatoms. The Hall–Kier alpha value is -3.19.